The van der Waals surface area contributed by atoms with Crippen LogP contribution in [0.25, 0.3) is 0 Å². The van der Waals surface area contributed by atoms with Gasteiger partial charge in [-0.05, 0) is 167 Å². The molecule has 0 spiro atoms. The Balaban J connectivity index is 0.894. The van der Waals surface area contributed by atoms with E-state index in [1.807, 2.05) is 0 Å². The number of carbonyl (C=O) groups is 2. The quantitative estimate of drug-likeness (QED) is 0.289. The van der Waals surface area contributed by atoms with Gasteiger partial charge in [0.2, 0.25) is 0 Å². The molecule has 0 aromatic heterocycles. The predicted molar refractivity (Wildman–Crippen MR) is 161 cm³/mol. The van der Waals surface area contributed by atoms with Crippen LogP contribution in [0.15, 0.2) is 0 Å². The molecule has 0 heterocycles. The van der Waals surface area contributed by atoms with Crippen LogP contribution in [0.2, 0.25) is 0 Å². The van der Waals surface area contributed by atoms with E-state index in [4.69, 9.17) is 9.47 Å². The molecule has 4 heteroatoms. The smallest absolute Gasteiger partial charge is 0.344 e. The largest absolute Gasteiger partial charge is 0.456 e. The van der Waals surface area contributed by atoms with E-state index in [9.17, 15) is 9.59 Å². The van der Waals surface area contributed by atoms with Crippen LogP contribution in [0, 0.1) is 70.0 Å². The van der Waals surface area contributed by atoms with Crippen LogP contribution in [0.3, 0.4) is 0 Å². The van der Waals surface area contributed by atoms with Crippen LogP contribution in [0.1, 0.15) is 137 Å². The molecule has 0 saturated heterocycles. The Labute approximate surface area is 249 Å². The second kappa shape index (κ2) is 10.5. The van der Waals surface area contributed by atoms with Gasteiger partial charge < -0.3 is 9.47 Å². The molecule has 8 aliphatic rings. The maximum Gasteiger partial charge on any atom is 0.344 e. The van der Waals surface area contributed by atoms with Crippen molar-refractivity contribution in [3.05, 3.63) is 0 Å². The Kier molecular flexibility index (Phi) is 7.37. The van der Waals surface area contributed by atoms with Gasteiger partial charge in [-0.3, -0.25) is 4.79 Å². The highest BCUT2D eigenvalue weighted by molar-refractivity contribution is 5.76. The van der Waals surface area contributed by atoms with Gasteiger partial charge in [0.15, 0.2) is 6.61 Å². The standard InChI is InChI=1S/C37H58O4/c1-23(8-13-33(38)40-22-34(39)41-37(4)27-18-24-17-25(20-27)21-28(37)19-24)30-11-12-31-29-10-9-26-7-5-6-15-35(26,2)32(29)14-16-36(30,31)3/h23-32H,5-22H2,1-4H3/t23-,24?,25?,26?,27?,28?,29+,30-,31+,32+,35+,36-,37?/m1/s1. The molecule has 0 radical (unpaired) electrons. The zero-order valence-electron chi connectivity index (χ0n) is 26.6. The Bertz CT molecular complexity index is 990. The molecule has 8 saturated carbocycles. The first kappa shape index (κ1) is 28.7. The van der Waals surface area contributed by atoms with Gasteiger partial charge in [0, 0.05) is 6.42 Å². The average molecular weight is 567 g/mol. The summed E-state index contributed by atoms with van der Waals surface area (Å²) < 4.78 is 11.6. The second-order valence-electron chi connectivity index (χ2n) is 17.3. The van der Waals surface area contributed by atoms with Crippen molar-refractivity contribution in [2.45, 2.75) is 142 Å². The highest BCUT2D eigenvalue weighted by Gasteiger charge is 2.60. The number of fused-ring (bicyclic) bond motifs is 5. The molecule has 8 fully saturated rings. The third-order valence-electron chi connectivity index (χ3n) is 15.6. The molecular weight excluding hydrogens is 508 g/mol. The summed E-state index contributed by atoms with van der Waals surface area (Å²) in [6.07, 6.45) is 21.8. The minimum atomic E-state index is -0.355. The molecule has 8 aliphatic carbocycles. The number of rotatable bonds is 7. The maximum absolute atomic E-state index is 12.8. The average Bonchev–Trinajstić information content (AvgIpc) is 3.30. The lowest BCUT2D eigenvalue weighted by Gasteiger charge is -2.61. The van der Waals surface area contributed by atoms with E-state index in [0.717, 1.165) is 41.9 Å². The van der Waals surface area contributed by atoms with E-state index in [2.05, 4.69) is 27.7 Å². The van der Waals surface area contributed by atoms with Crippen LogP contribution in [0.4, 0.5) is 0 Å². The van der Waals surface area contributed by atoms with Gasteiger partial charge >= 0.3 is 11.9 Å². The molecule has 41 heavy (non-hydrogen) atoms. The fraction of sp³-hybridized carbons (Fsp3) is 0.946. The van der Waals surface area contributed by atoms with Gasteiger partial charge in [0.05, 0.1) is 0 Å². The van der Waals surface area contributed by atoms with Gasteiger partial charge in [-0.1, -0.05) is 33.6 Å². The minimum absolute atomic E-state index is 0.221. The number of esters is 2. The number of hydrogen-bond acceptors (Lipinski definition) is 4. The number of hydrogen-bond donors (Lipinski definition) is 0. The summed E-state index contributed by atoms with van der Waals surface area (Å²) in [6, 6.07) is 0. The van der Waals surface area contributed by atoms with E-state index in [-0.39, 0.29) is 24.1 Å². The van der Waals surface area contributed by atoms with Crippen molar-refractivity contribution in [3.63, 3.8) is 0 Å². The highest BCUT2D eigenvalue weighted by Crippen LogP contribution is 2.68. The fourth-order valence-corrected chi connectivity index (χ4v) is 13.6. The van der Waals surface area contributed by atoms with Crippen LogP contribution < -0.4 is 0 Å². The Morgan fingerprint density at radius 3 is 2.17 bits per heavy atom. The van der Waals surface area contributed by atoms with Crippen LogP contribution in [0.5, 0.6) is 0 Å². The molecule has 230 valence electrons. The summed E-state index contributed by atoms with van der Waals surface area (Å²) in [4.78, 5) is 25.6. The zero-order chi connectivity index (χ0) is 28.6. The van der Waals surface area contributed by atoms with Gasteiger partial charge in [-0.15, -0.1) is 0 Å². The van der Waals surface area contributed by atoms with Gasteiger partial charge in [0.1, 0.15) is 5.60 Å². The van der Waals surface area contributed by atoms with Gasteiger partial charge in [0.25, 0.3) is 0 Å². The molecule has 0 N–H and O–H groups in total. The maximum atomic E-state index is 12.8. The fourth-order valence-electron chi connectivity index (χ4n) is 13.6. The summed E-state index contributed by atoms with van der Waals surface area (Å²) in [6.45, 7) is 9.62. The monoisotopic (exact) mass is 566 g/mol. The molecular formula is C37H58O4. The normalized spacial score (nSPS) is 50.4. The lowest BCUT2D eigenvalue weighted by atomic mass is 9.44. The summed E-state index contributed by atoms with van der Waals surface area (Å²) in [7, 11) is 0. The Morgan fingerprint density at radius 1 is 0.732 bits per heavy atom. The van der Waals surface area contributed by atoms with Gasteiger partial charge in [-0.25, -0.2) is 4.79 Å². The second-order valence-corrected chi connectivity index (χ2v) is 17.3. The number of ether oxygens (including phenoxy) is 2. The van der Waals surface area contributed by atoms with Crippen LogP contribution in [-0.2, 0) is 19.1 Å². The van der Waals surface area contributed by atoms with E-state index < -0.39 is 0 Å². The van der Waals surface area contributed by atoms with Crippen molar-refractivity contribution in [2.75, 3.05) is 6.61 Å². The van der Waals surface area contributed by atoms with E-state index >= 15 is 0 Å². The first-order valence-electron chi connectivity index (χ1n) is 18.0. The molecule has 8 atom stereocenters. The van der Waals surface area contributed by atoms with Crippen molar-refractivity contribution in [3.8, 4) is 0 Å². The molecule has 0 aromatic carbocycles. The lowest BCUT2D eigenvalue weighted by Crippen LogP contribution is -2.58. The summed E-state index contributed by atoms with van der Waals surface area (Å²) >= 11 is 0. The first-order valence-corrected chi connectivity index (χ1v) is 18.0. The molecule has 1 unspecified atom stereocenters. The molecule has 8 rings (SSSR count). The summed E-state index contributed by atoms with van der Waals surface area (Å²) in [5, 5.41) is 0. The topological polar surface area (TPSA) is 52.6 Å². The summed E-state index contributed by atoms with van der Waals surface area (Å²) in [5.74, 6) is 7.06. The van der Waals surface area contributed by atoms with Crippen molar-refractivity contribution >= 4 is 11.9 Å². The SMILES string of the molecule is C[C@H](CCC(=O)OCC(=O)OC1(C)C2CC3CC(C2)CC1C3)[C@H]1CC[C@H]2[C@@H]3CCC4CCCC[C@]4(C)[C@H]3CC[C@]12C. The zero-order valence-corrected chi connectivity index (χ0v) is 26.6. The Hall–Kier alpha value is -1.06. The molecule has 0 amide bonds. The first-order chi connectivity index (χ1) is 19.6. The summed E-state index contributed by atoms with van der Waals surface area (Å²) in [5.41, 5.74) is 0.678. The van der Waals surface area contributed by atoms with Crippen molar-refractivity contribution in [2.24, 2.45) is 70.0 Å². The van der Waals surface area contributed by atoms with E-state index in [0.29, 0.717) is 40.9 Å². The van der Waals surface area contributed by atoms with Crippen molar-refractivity contribution in [1.82, 2.24) is 0 Å². The minimum Gasteiger partial charge on any atom is -0.456 e. The van der Waals surface area contributed by atoms with E-state index in [1.165, 1.54) is 96.3 Å². The Morgan fingerprint density at radius 2 is 1.44 bits per heavy atom. The lowest BCUT2D eigenvalue weighted by molar-refractivity contribution is -0.207. The molecule has 0 aromatic rings. The van der Waals surface area contributed by atoms with E-state index in [1.54, 1.807) is 0 Å². The van der Waals surface area contributed by atoms with Crippen LogP contribution in [-0.4, -0.2) is 24.1 Å². The predicted octanol–water partition coefficient (Wildman–Crippen LogP) is 8.75. The molecule has 4 bridgehead atoms. The third kappa shape index (κ3) is 4.73. The highest BCUT2D eigenvalue weighted by atomic mass is 16.6. The van der Waals surface area contributed by atoms with Crippen molar-refractivity contribution < 1.29 is 19.1 Å². The number of carbonyl (C=O) groups excluding carboxylic acids is 2. The molecule has 4 nitrogen and oxygen atoms in total. The molecule has 0 aliphatic heterocycles. The third-order valence-corrected chi connectivity index (χ3v) is 15.6. The van der Waals surface area contributed by atoms with Crippen LogP contribution >= 0.6 is 0 Å². The van der Waals surface area contributed by atoms with Crippen molar-refractivity contribution in [1.29, 1.82) is 0 Å². The van der Waals surface area contributed by atoms with Gasteiger partial charge in [-0.2, -0.15) is 0 Å².